The number of allylic oxidation sites excluding steroid dienone is 3. The second-order valence-electron chi connectivity index (χ2n) is 8.36. The molecular weight excluding hydrogens is 394 g/mol. The standard InChI is InChI=1S/C24H29N3O4/c1-16-19-8-6-7-9-20(19)31-23(16)17(2)27(5)22(29)11-10-18-12-21(26-25-13-18)30-15-24(3,4)14-28/h6-14,17,25-26H,15H2,1-5H3/b11-10+/t17-/m1/s1. The van der Waals surface area contributed by atoms with Gasteiger partial charge in [0.1, 0.15) is 24.2 Å². The van der Waals surface area contributed by atoms with Crippen LogP contribution in [0.25, 0.3) is 11.0 Å². The van der Waals surface area contributed by atoms with Gasteiger partial charge in [0.05, 0.1) is 11.5 Å². The van der Waals surface area contributed by atoms with E-state index in [0.29, 0.717) is 5.88 Å². The van der Waals surface area contributed by atoms with E-state index in [1.54, 1.807) is 44.1 Å². The number of aldehydes is 1. The third kappa shape index (κ3) is 5.17. The summed E-state index contributed by atoms with van der Waals surface area (Å²) >= 11 is 0. The number of nitrogens with zero attached hydrogens (tertiary/aromatic N) is 1. The van der Waals surface area contributed by atoms with Gasteiger partial charge in [0.15, 0.2) is 0 Å². The number of benzene rings is 1. The molecule has 2 N–H and O–H groups in total. The van der Waals surface area contributed by atoms with Gasteiger partial charge in [-0.1, -0.05) is 18.2 Å². The molecule has 0 radical (unpaired) electrons. The van der Waals surface area contributed by atoms with Gasteiger partial charge < -0.3 is 24.3 Å². The van der Waals surface area contributed by atoms with Crippen molar-refractivity contribution in [2.45, 2.75) is 33.7 Å². The van der Waals surface area contributed by atoms with E-state index in [1.807, 2.05) is 38.1 Å². The molecular formula is C24H29N3O4. The Morgan fingerprint density at radius 1 is 1.32 bits per heavy atom. The van der Waals surface area contributed by atoms with Crippen molar-refractivity contribution in [1.29, 1.82) is 0 Å². The molecule has 0 fully saturated rings. The van der Waals surface area contributed by atoms with Gasteiger partial charge in [-0.25, -0.2) is 0 Å². The van der Waals surface area contributed by atoms with Crippen LogP contribution in [0.4, 0.5) is 0 Å². The number of carbonyl (C=O) groups excluding carboxylic acids is 2. The number of furan rings is 1. The highest BCUT2D eigenvalue weighted by atomic mass is 16.5. The number of ether oxygens (including phenoxy) is 1. The molecule has 1 atom stereocenters. The summed E-state index contributed by atoms with van der Waals surface area (Å²) in [6, 6.07) is 7.64. The van der Waals surface area contributed by atoms with Crippen LogP contribution >= 0.6 is 0 Å². The molecule has 0 spiro atoms. The minimum absolute atomic E-state index is 0.148. The molecule has 2 heterocycles. The molecule has 1 aliphatic heterocycles. The Labute approximate surface area is 182 Å². The number of likely N-dealkylation sites (N-methyl/N-ethyl adjacent to an activating group) is 1. The number of hydrogen-bond acceptors (Lipinski definition) is 6. The third-order valence-electron chi connectivity index (χ3n) is 5.26. The molecule has 0 saturated heterocycles. The zero-order valence-corrected chi connectivity index (χ0v) is 18.6. The van der Waals surface area contributed by atoms with Crippen LogP contribution in [0.1, 0.15) is 38.1 Å². The first-order chi connectivity index (χ1) is 14.7. The highest BCUT2D eigenvalue weighted by Crippen LogP contribution is 2.31. The maximum Gasteiger partial charge on any atom is 0.246 e. The Balaban J connectivity index is 1.66. The highest BCUT2D eigenvalue weighted by Gasteiger charge is 2.22. The van der Waals surface area contributed by atoms with Gasteiger partial charge in [0.2, 0.25) is 11.8 Å². The lowest BCUT2D eigenvalue weighted by atomic mass is 9.98. The molecule has 7 heteroatoms. The monoisotopic (exact) mass is 423 g/mol. The fourth-order valence-electron chi connectivity index (χ4n) is 3.14. The van der Waals surface area contributed by atoms with E-state index in [4.69, 9.17) is 9.15 Å². The maximum atomic E-state index is 12.7. The maximum absolute atomic E-state index is 12.7. The van der Waals surface area contributed by atoms with E-state index >= 15 is 0 Å². The summed E-state index contributed by atoms with van der Waals surface area (Å²) in [4.78, 5) is 25.4. The molecule has 1 aromatic carbocycles. The summed E-state index contributed by atoms with van der Waals surface area (Å²) in [6.07, 6.45) is 7.55. The van der Waals surface area contributed by atoms with E-state index in [-0.39, 0.29) is 18.6 Å². The lowest BCUT2D eigenvalue weighted by molar-refractivity contribution is -0.126. The van der Waals surface area contributed by atoms with Gasteiger partial charge in [-0.15, -0.1) is 0 Å². The van der Waals surface area contributed by atoms with Crippen molar-refractivity contribution in [2.75, 3.05) is 13.7 Å². The fraction of sp³-hybridized carbons (Fsp3) is 0.333. The molecule has 1 aliphatic rings. The third-order valence-corrected chi connectivity index (χ3v) is 5.26. The number of para-hydroxylation sites is 1. The average Bonchev–Trinajstić information content (AvgIpc) is 3.12. The van der Waals surface area contributed by atoms with Crippen molar-refractivity contribution in [3.63, 3.8) is 0 Å². The second kappa shape index (κ2) is 9.12. The summed E-state index contributed by atoms with van der Waals surface area (Å²) in [7, 11) is 1.75. The topological polar surface area (TPSA) is 83.8 Å². The van der Waals surface area contributed by atoms with Crippen molar-refractivity contribution < 1.29 is 18.7 Å². The van der Waals surface area contributed by atoms with Gasteiger partial charge in [-0.05, 0) is 45.4 Å². The van der Waals surface area contributed by atoms with Gasteiger partial charge in [0.25, 0.3) is 0 Å². The summed E-state index contributed by atoms with van der Waals surface area (Å²) in [5.74, 6) is 1.11. The smallest absolute Gasteiger partial charge is 0.246 e. The van der Waals surface area contributed by atoms with E-state index < -0.39 is 5.41 Å². The SMILES string of the molecule is Cc1c([C@@H](C)N(C)C(=O)/C=C/C2=CNNC(OCC(C)(C)C=O)=C2)oc2ccccc12. The van der Waals surface area contributed by atoms with Gasteiger partial charge in [-0.2, -0.15) is 0 Å². The normalized spacial score (nSPS) is 15.0. The summed E-state index contributed by atoms with van der Waals surface area (Å²) in [5, 5.41) is 1.06. The predicted octanol–water partition coefficient (Wildman–Crippen LogP) is 3.89. The fourth-order valence-corrected chi connectivity index (χ4v) is 3.14. The summed E-state index contributed by atoms with van der Waals surface area (Å²) in [6.45, 7) is 7.79. The minimum Gasteiger partial charge on any atom is -0.477 e. The predicted molar refractivity (Wildman–Crippen MR) is 120 cm³/mol. The van der Waals surface area contributed by atoms with Crippen molar-refractivity contribution >= 4 is 23.2 Å². The first kappa shape index (κ1) is 22.2. The Morgan fingerprint density at radius 3 is 2.77 bits per heavy atom. The molecule has 7 nitrogen and oxygen atoms in total. The van der Waals surface area contributed by atoms with Crippen LogP contribution in [0.2, 0.25) is 0 Å². The van der Waals surface area contributed by atoms with Crippen LogP contribution in [0, 0.1) is 12.3 Å². The first-order valence-electron chi connectivity index (χ1n) is 10.2. The highest BCUT2D eigenvalue weighted by molar-refractivity contribution is 5.88. The molecule has 164 valence electrons. The quantitative estimate of drug-likeness (QED) is 0.495. The Bertz CT molecular complexity index is 1060. The van der Waals surface area contributed by atoms with Crippen LogP contribution in [-0.2, 0) is 14.3 Å². The molecule has 0 unspecified atom stereocenters. The van der Waals surface area contributed by atoms with Crippen LogP contribution in [0.15, 0.2) is 64.6 Å². The van der Waals surface area contributed by atoms with E-state index in [2.05, 4.69) is 10.9 Å². The largest absolute Gasteiger partial charge is 0.477 e. The average molecular weight is 424 g/mol. The molecule has 0 saturated carbocycles. The van der Waals surface area contributed by atoms with Crippen LogP contribution in [0.5, 0.6) is 0 Å². The number of fused-ring (bicyclic) bond motifs is 1. The molecule has 2 aromatic rings. The zero-order valence-electron chi connectivity index (χ0n) is 18.6. The molecule has 31 heavy (non-hydrogen) atoms. The molecule has 1 amide bonds. The van der Waals surface area contributed by atoms with Crippen molar-refractivity contribution in [1.82, 2.24) is 15.8 Å². The zero-order chi connectivity index (χ0) is 22.6. The van der Waals surface area contributed by atoms with Crippen molar-refractivity contribution in [3.8, 4) is 0 Å². The molecule has 3 rings (SSSR count). The lowest BCUT2D eigenvalue weighted by Gasteiger charge is -2.23. The van der Waals surface area contributed by atoms with Crippen LogP contribution in [-0.4, -0.2) is 30.7 Å². The van der Waals surface area contributed by atoms with Crippen LogP contribution < -0.4 is 10.9 Å². The Morgan fingerprint density at radius 2 is 2.06 bits per heavy atom. The number of carbonyl (C=O) groups is 2. The number of hydrogen-bond donors (Lipinski definition) is 2. The first-order valence-corrected chi connectivity index (χ1v) is 10.2. The number of rotatable bonds is 8. The second-order valence-corrected chi connectivity index (χ2v) is 8.36. The number of nitrogens with one attached hydrogen (secondary N) is 2. The number of amides is 1. The van der Waals surface area contributed by atoms with Crippen molar-refractivity contribution in [3.05, 3.63) is 71.5 Å². The molecule has 1 aromatic heterocycles. The van der Waals surface area contributed by atoms with E-state index in [0.717, 1.165) is 34.2 Å². The van der Waals surface area contributed by atoms with Gasteiger partial charge >= 0.3 is 0 Å². The summed E-state index contributed by atoms with van der Waals surface area (Å²) in [5.41, 5.74) is 7.79. The van der Waals surface area contributed by atoms with Crippen LogP contribution in [0.3, 0.4) is 0 Å². The molecule has 0 aliphatic carbocycles. The summed E-state index contributed by atoms with van der Waals surface area (Å²) < 4.78 is 11.6. The lowest BCUT2D eigenvalue weighted by Crippen LogP contribution is -2.33. The Kier molecular flexibility index (Phi) is 6.53. The van der Waals surface area contributed by atoms with Gasteiger partial charge in [0, 0.05) is 36.3 Å². The molecule has 0 bridgehead atoms. The minimum atomic E-state index is -0.580. The Hall–Kier alpha value is -3.48. The van der Waals surface area contributed by atoms with Crippen molar-refractivity contribution in [2.24, 2.45) is 5.41 Å². The van der Waals surface area contributed by atoms with E-state index in [9.17, 15) is 9.59 Å². The van der Waals surface area contributed by atoms with Gasteiger partial charge in [-0.3, -0.25) is 10.2 Å². The van der Waals surface area contributed by atoms with E-state index in [1.165, 1.54) is 6.08 Å². The number of hydrazine groups is 1. The number of aryl methyl sites for hydroxylation is 1.